The quantitative estimate of drug-likeness (QED) is 0.673. The molecule has 0 aromatic carbocycles. The molecule has 2 N–H and O–H groups in total. The predicted molar refractivity (Wildman–Crippen MR) is 120 cm³/mol. The first-order valence-corrected chi connectivity index (χ1v) is 13.1. The lowest BCUT2D eigenvalue weighted by molar-refractivity contribution is 0.0138. The van der Waals surface area contributed by atoms with Gasteiger partial charge in [-0.25, -0.2) is 22.2 Å². The van der Waals surface area contributed by atoms with Crippen LogP contribution in [-0.4, -0.2) is 63.3 Å². The zero-order chi connectivity index (χ0) is 24.0. The molecular weight excluding hydrogens is 466 g/mol. The van der Waals surface area contributed by atoms with Crippen LogP contribution in [0.3, 0.4) is 0 Å². The van der Waals surface area contributed by atoms with Crippen LogP contribution in [-0.2, 0) is 29.7 Å². The van der Waals surface area contributed by atoms with Gasteiger partial charge >= 0.3 is 0 Å². The minimum atomic E-state index is -3.43. The number of fused-ring (bicyclic) bond motifs is 1. The summed E-state index contributed by atoms with van der Waals surface area (Å²) in [5.74, 6) is -1.20. The van der Waals surface area contributed by atoms with Crippen LogP contribution >= 0.6 is 0 Å². The van der Waals surface area contributed by atoms with E-state index >= 15 is 4.39 Å². The molecule has 4 atom stereocenters. The smallest absolute Gasteiger partial charge is 0.250 e. The van der Waals surface area contributed by atoms with Crippen molar-refractivity contribution in [3.05, 3.63) is 59.6 Å². The lowest BCUT2D eigenvalue weighted by atomic mass is 9.81. The fourth-order valence-corrected chi connectivity index (χ4v) is 5.99. The Hall–Kier alpha value is -2.41. The highest BCUT2D eigenvalue weighted by atomic mass is 32.2. The molecule has 184 valence electrons. The molecule has 2 aromatic heterocycles. The molecule has 4 heterocycles. The van der Waals surface area contributed by atoms with Crippen molar-refractivity contribution in [1.82, 2.24) is 24.0 Å². The van der Waals surface area contributed by atoms with Crippen molar-refractivity contribution in [1.29, 1.82) is 0 Å². The normalized spacial score (nSPS) is 28.9. The maximum atomic E-state index is 15.0. The van der Waals surface area contributed by atoms with E-state index in [0.29, 0.717) is 44.7 Å². The molecule has 1 aliphatic carbocycles. The number of nitrogens with two attached hydrogens (primary N) is 1. The first kappa shape index (κ1) is 23.3. The molecule has 0 bridgehead atoms. The van der Waals surface area contributed by atoms with E-state index in [4.69, 9.17) is 10.2 Å². The van der Waals surface area contributed by atoms with Crippen molar-refractivity contribution in [3.8, 4) is 0 Å². The van der Waals surface area contributed by atoms with Gasteiger partial charge in [0, 0.05) is 62.0 Å². The lowest BCUT2D eigenvalue weighted by Crippen LogP contribution is -2.61. The Labute approximate surface area is 197 Å². The SMILES string of the molecule is CS(=O)(=O)n1cc2c(n1)CN(C1CC(N)C(C3CCC(F)=CC=C3F)N(Cc3cocn3)C1)C2. The van der Waals surface area contributed by atoms with Gasteiger partial charge < -0.3 is 10.2 Å². The second kappa shape index (κ2) is 8.99. The Morgan fingerprint density at radius 1 is 1.26 bits per heavy atom. The standard InChI is InChI=1S/C22H28F2N6O3S/c1-34(31,32)30-8-14-7-28(11-21(14)27-30)17-6-20(25)22(18-4-2-15(23)3-5-19(18)24)29(10-17)9-16-12-33-13-26-16/h3,5,8,12-13,17-18,20,22H,2,4,6-7,9-11,25H2,1H3. The van der Waals surface area contributed by atoms with Gasteiger partial charge in [-0.05, 0) is 31.4 Å². The first-order valence-electron chi connectivity index (χ1n) is 11.3. The van der Waals surface area contributed by atoms with Gasteiger partial charge in [-0.3, -0.25) is 9.80 Å². The topological polar surface area (TPSA) is 110 Å². The van der Waals surface area contributed by atoms with Gasteiger partial charge in [-0.2, -0.15) is 9.19 Å². The second-order valence-electron chi connectivity index (χ2n) is 9.41. The summed E-state index contributed by atoms with van der Waals surface area (Å²) in [4.78, 5) is 8.60. The van der Waals surface area contributed by atoms with Crippen molar-refractivity contribution in [2.45, 2.75) is 57.0 Å². The average Bonchev–Trinajstić information content (AvgIpc) is 3.47. The van der Waals surface area contributed by atoms with Crippen molar-refractivity contribution >= 4 is 10.0 Å². The van der Waals surface area contributed by atoms with Crippen molar-refractivity contribution < 1.29 is 21.6 Å². The third-order valence-corrected chi connectivity index (χ3v) is 7.89. The van der Waals surface area contributed by atoms with Crippen molar-refractivity contribution in [3.63, 3.8) is 0 Å². The van der Waals surface area contributed by atoms with Gasteiger partial charge in [0.05, 0.1) is 17.6 Å². The number of hydrogen-bond acceptors (Lipinski definition) is 8. The molecule has 0 saturated carbocycles. The molecule has 4 unspecified atom stereocenters. The van der Waals surface area contributed by atoms with E-state index in [1.54, 1.807) is 12.5 Å². The van der Waals surface area contributed by atoms with Gasteiger partial charge in [0.1, 0.15) is 17.9 Å². The maximum absolute atomic E-state index is 15.0. The largest absolute Gasteiger partial charge is 0.451 e. The highest BCUT2D eigenvalue weighted by Crippen LogP contribution is 2.37. The molecular formula is C22H28F2N6O3S. The second-order valence-corrected chi connectivity index (χ2v) is 11.2. The zero-order valence-electron chi connectivity index (χ0n) is 18.8. The van der Waals surface area contributed by atoms with E-state index in [0.717, 1.165) is 21.6 Å². The van der Waals surface area contributed by atoms with Crippen LogP contribution in [0.5, 0.6) is 0 Å². The van der Waals surface area contributed by atoms with Gasteiger partial charge in [0.2, 0.25) is 0 Å². The molecule has 34 heavy (non-hydrogen) atoms. The Morgan fingerprint density at radius 2 is 2.09 bits per heavy atom. The maximum Gasteiger partial charge on any atom is 0.250 e. The highest BCUT2D eigenvalue weighted by Gasteiger charge is 2.43. The van der Waals surface area contributed by atoms with Crippen LogP contribution in [0.25, 0.3) is 0 Å². The van der Waals surface area contributed by atoms with Gasteiger partial charge in [0.15, 0.2) is 6.39 Å². The Bertz CT molecular complexity index is 1190. The number of rotatable bonds is 5. The third-order valence-electron chi connectivity index (χ3n) is 7.02. The summed E-state index contributed by atoms with van der Waals surface area (Å²) >= 11 is 0. The van der Waals surface area contributed by atoms with Gasteiger partial charge in [0.25, 0.3) is 10.0 Å². The van der Waals surface area contributed by atoms with E-state index in [1.165, 1.54) is 18.5 Å². The number of oxazole rings is 1. The fourth-order valence-electron chi connectivity index (χ4n) is 5.42. The Morgan fingerprint density at radius 3 is 2.79 bits per heavy atom. The van der Waals surface area contributed by atoms with E-state index < -0.39 is 15.9 Å². The average molecular weight is 495 g/mol. The highest BCUT2D eigenvalue weighted by molar-refractivity contribution is 7.89. The van der Waals surface area contributed by atoms with Crippen LogP contribution in [0.2, 0.25) is 0 Å². The monoisotopic (exact) mass is 494 g/mol. The Balaban J connectivity index is 1.36. The lowest BCUT2D eigenvalue weighted by Gasteiger charge is -2.48. The summed E-state index contributed by atoms with van der Waals surface area (Å²) in [6, 6.07) is -0.602. The summed E-state index contributed by atoms with van der Waals surface area (Å²) < 4.78 is 58.6. The van der Waals surface area contributed by atoms with Crippen LogP contribution < -0.4 is 5.73 Å². The van der Waals surface area contributed by atoms with Crippen LogP contribution in [0.1, 0.15) is 36.2 Å². The number of allylic oxidation sites excluding steroid dienone is 3. The molecule has 1 fully saturated rings. The summed E-state index contributed by atoms with van der Waals surface area (Å²) in [7, 11) is -3.43. The molecule has 2 aromatic rings. The molecule has 5 rings (SSSR count). The van der Waals surface area contributed by atoms with Crippen LogP contribution in [0.4, 0.5) is 8.78 Å². The van der Waals surface area contributed by atoms with Crippen LogP contribution in [0, 0.1) is 5.92 Å². The number of hydrogen-bond donors (Lipinski definition) is 1. The number of halogens is 2. The molecule has 3 aliphatic rings. The fraction of sp³-hybridized carbons (Fsp3) is 0.545. The van der Waals surface area contributed by atoms with Gasteiger partial charge in [-0.1, -0.05) is 0 Å². The number of aromatic nitrogens is 3. The zero-order valence-corrected chi connectivity index (χ0v) is 19.7. The molecule has 0 spiro atoms. The molecule has 0 radical (unpaired) electrons. The summed E-state index contributed by atoms with van der Waals surface area (Å²) in [5.41, 5.74) is 9.02. The van der Waals surface area contributed by atoms with Crippen LogP contribution in [0.15, 0.2) is 47.1 Å². The first-order chi connectivity index (χ1) is 16.2. The molecule has 9 nitrogen and oxygen atoms in total. The summed E-state index contributed by atoms with van der Waals surface area (Å²) in [5, 5.41) is 4.24. The molecule has 2 aliphatic heterocycles. The van der Waals surface area contributed by atoms with Crippen molar-refractivity contribution in [2.24, 2.45) is 11.7 Å². The third kappa shape index (κ3) is 4.59. The number of likely N-dealkylation sites (tertiary alicyclic amines) is 1. The minimum absolute atomic E-state index is 0.0618. The summed E-state index contributed by atoms with van der Waals surface area (Å²) in [6.45, 7) is 2.13. The van der Waals surface area contributed by atoms with E-state index in [-0.39, 0.29) is 36.2 Å². The predicted octanol–water partition coefficient (Wildman–Crippen LogP) is 2.08. The molecule has 12 heteroatoms. The van der Waals surface area contributed by atoms with E-state index in [9.17, 15) is 12.8 Å². The summed E-state index contributed by atoms with van der Waals surface area (Å²) in [6.07, 6.45) is 9.19. The van der Waals surface area contributed by atoms with E-state index in [2.05, 4.69) is 19.9 Å². The van der Waals surface area contributed by atoms with E-state index in [1.807, 2.05) is 0 Å². The van der Waals surface area contributed by atoms with Gasteiger partial charge in [-0.15, -0.1) is 0 Å². The number of nitrogens with zero attached hydrogens (tertiary/aromatic N) is 5. The molecule has 0 amide bonds. The molecule has 1 saturated heterocycles. The number of piperidine rings is 1. The van der Waals surface area contributed by atoms with Crippen molar-refractivity contribution in [2.75, 3.05) is 12.8 Å². The minimum Gasteiger partial charge on any atom is -0.451 e. The Kier molecular flexibility index (Phi) is 6.17.